The summed E-state index contributed by atoms with van der Waals surface area (Å²) in [5, 5.41) is 21.1. The Morgan fingerprint density at radius 3 is 2.44 bits per heavy atom. The molecule has 1 aromatic carbocycles. The third-order valence-electron chi connectivity index (χ3n) is 1.88. The molecule has 0 aliphatic heterocycles. The molecular weight excluding hydrogens is 238 g/mol. The van der Waals surface area contributed by atoms with Gasteiger partial charge in [0.1, 0.15) is 11.9 Å². The average Bonchev–Trinajstić information content (AvgIpc) is 2.21. The Morgan fingerprint density at radius 2 is 1.94 bits per heavy atom. The molecule has 98 valence electrons. The summed E-state index contributed by atoms with van der Waals surface area (Å²) in [6.45, 7) is 5.06. The average molecular weight is 253 g/mol. The Morgan fingerprint density at radius 1 is 1.33 bits per heavy atom. The second kappa shape index (κ2) is 4.95. The Kier molecular flexibility index (Phi) is 3.80. The zero-order valence-corrected chi connectivity index (χ0v) is 10.4. The highest BCUT2D eigenvalue weighted by Crippen LogP contribution is 2.34. The van der Waals surface area contributed by atoms with Gasteiger partial charge < -0.3 is 14.9 Å². The predicted molar refractivity (Wildman–Crippen MR) is 65.0 cm³/mol. The van der Waals surface area contributed by atoms with Crippen molar-refractivity contribution in [3.05, 3.63) is 17.7 Å². The summed E-state index contributed by atoms with van der Waals surface area (Å²) in [6.07, 6.45) is -0.306. The van der Waals surface area contributed by atoms with Gasteiger partial charge >= 0.3 is 6.09 Å². The van der Waals surface area contributed by atoms with E-state index in [2.05, 4.69) is 5.32 Å². The lowest BCUT2D eigenvalue weighted by atomic mass is 10.2. The first-order chi connectivity index (χ1) is 8.23. The number of aldehydes is 1. The van der Waals surface area contributed by atoms with E-state index in [-0.39, 0.29) is 11.3 Å². The molecule has 0 aromatic heterocycles. The van der Waals surface area contributed by atoms with Gasteiger partial charge in [-0.05, 0) is 32.9 Å². The standard InChI is InChI=1S/C12H15NO5/c1-12(2,3)18-11(17)13-8-4-7(6-14)5-9(15)10(8)16/h4-6,15-16H,1-3H3,(H,13,17). The van der Waals surface area contributed by atoms with Crippen LogP contribution in [0.1, 0.15) is 31.1 Å². The summed E-state index contributed by atoms with van der Waals surface area (Å²) in [7, 11) is 0. The molecule has 18 heavy (non-hydrogen) atoms. The first-order valence-corrected chi connectivity index (χ1v) is 5.24. The molecule has 0 saturated carbocycles. The number of hydrogen-bond acceptors (Lipinski definition) is 5. The van der Waals surface area contributed by atoms with Gasteiger partial charge in [-0.15, -0.1) is 0 Å². The maximum atomic E-state index is 11.5. The van der Waals surface area contributed by atoms with Crippen molar-refractivity contribution >= 4 is 18.1 Å². The highest BCUT2D eigenvalue weighted by atomic mass is 16.6. The smallest absolute Gasteiger partial charge is 0.412 e. The van der Waals surface area contributed by atoms with Crippen molar-refractivity contribution in [1.29, 1.82) is 0 Å². The summed E-state index contributed by atoms with van der Waals surface area (Å²) in [5.41, 5.74) is -0.660. The molecular formula is C12H15NO5. The molecule has 0 spiro atoms. The molecule has 0 unspecified atom stereocenters. The third-order valence-corrected chi connectivity index (χ3v) is 1.88. The lowest BCUT2D eigenvalue weighted by Gasteiger charge is -2.20. The number of carbonyl (C=O) groups excluding carboxylic acids is 2. The molecule has 0 radical (unpaired) electrons. The van der Waals surface area contributed by atoms with Crippen LogP contribution in [0.2, 0.25) is 0 Å². The summed E-state index contributed by atoms with van der Waals surface area (Å²) in [4.78, 5) is 22.1. The summed E-state index contributed by atoms with van der Waals surface area (Å²) >= 11 is 0. The monoisotopic (exact) mass is 253 g/mol. The number of anilines is 1. The van der Waals surface area contributed by atoms with E-state index in [4.69, 9.17) is 4.74 Å². The van der Waals surface area contributed by atoms with Crippen molar-refractivity contribution in [1.82, 2.24) is 0 Å². The fraction of sp³-hybridized carbons (Fsp3) is 0.333. The van der Waals surface area contributed by atoms with Crippen LogP contribution in [-0.2, 0) is 4.74 Å². The molecule has 0 aliphatic carbocycles. The molecule has 0 heterocycles. The number of ether oxygens (including phenoxy) is 1. The van der Waals surface area contributed by atoms with Gasteiger partial charge in [-0.25, -0.2) is 4.79 Å². The topological polar surface area (TPSA) is 95.9 Å². The van der Waals surface area contributed by atoms with E-state index in [9.17, 15) is 19.8 Å². The lowest BCUT2D eigenvalue weighted by Crippen LogP contribution is -2.27. The Hall–Kier alpha value is -2.24. The molecule has 0 aliphatic rings. The van der Waals surface area contributed by atoms with Crippen LogP contribution in [0, 0.1) is 0 Å². The van der Waals surface area contributed by atoms with Gasteiger partial charge in [0, 0.05) is 5.56 Å². The Bertz CT molecular complexity index is 476. The maximum Gasteiger partial charge on any atom is 0.412 e. The molecule has 6 nitrogen and oxygen atoms in total. The lowest BCUT2D eigenvalue weighted by molar-refractivity contribution is 0.0635. The summed E-state index contributed by atoms with van der Waals surface area (Å²) in [6, 6.07) is 2.31. The highest BCUT2D eigenvalue weighted by Gasteiger charge is 2.18. The fourth-order valence-electron chi connectivity index (χ4n) is 1.22. The number of nitrogens with one attached hydrogen (secondary N) is 1. The predicted octanol–water partition coefficient (Wildman–Crippen LogP) is 2.26. The van der Waals surface area contributed by atoms with Crippen molar-refractivity contribution in [2.24, 2.45) is 0 Å². The van der Waals surface area contributed by atoms with E-state index in [1.165, 1.54) is 6.07 Å². The van der Waals surface area contributed by atoms with Crippen LogP contribution >= 0.6 is 0 Å². The number of hydrogen-bond donors (Lipinski definition) is 3. The molecule has 1 rings (SSSR count). The number of phenolic OH excluding ortho intramolecular Hbond substituents is 2. The minimum Gasteiger partial charge on any atom is -0.504 e. The van der Waals surface area contributed by atoms with Gasteiger partial charge in [-0.3, -0.25) is 10.1 Å². The molecule has 3 N–H and O–H groups in total. The SMILES string of the molecule is CC(C)(C)OC(=O)Nc1cc(C=O)cc(O)c1O. The second-order valence-electron chi connectivity index (χ2n) is 4.68. The van der Waals surface area contributed by atoms with E-state index in [0.717, 1.165) is 6.07 Å². The molecule has 1 aromatic rings. The Balaban J connectivity index is 2.94. The van der Waals surface area contributed by atoms with Crippen molar-refractivity contribution in [2.75, 3.05) is 5.32 Å². The van der Waals surface area contributed by atoms with Crippen LogP contribution in [0.25, 0.3) is 0 Å². The van der Waals surface area contributed by atoms with E-state index < -0.39 is 23.2 Å². The van der Waals surface area contributed by atoms with Crippen LogP contribution in [0.3, 0.4) is 0 Å². The number of phenols is 2. The maximum absolute atomic E-state index is 11.5. The first-order valence-electron chi connectivity index (χ1n) is 5.24. The third kappa shape index (κ3) is 3.65. The zero-order valence-electron chi connectivity index (χ0n) is 10.4. The molecule has 0 bridgehead atoms. The van der Waals surface area contributed by atoms with Gasteiger partial charge in [-0.1, -0.05) is 0 Å². The molecule has 6 heteroatoms. The Labute approximate surface area is 104 Å². The highest BCUT2D eigenvalue weighted by molar-refractivity contribution is 5.90. The van der Waals surface area contributed by atoms with Crippen molar-refractivity contribution < 1.29 is 24.5 Å². The van der Waals surface area contributed by atoms with E-state index in [1.807, 2.05) is 0 Å². The molecule has 0 saturated heterocycles. The van der Waals surface area contributed by atoms with E-state index in [1.54, 1.807) is 20.8 Å². The van der Waals surface area contributed by atoms with Crippen LogP contribution < -0.4 is 5.32 Å². The normalized spacial score (nSPS) is 10.8. The largest absolute Gasteiger partial charge is 0.504 e. The second-order valence-corrected chi connectivity index (χ2v) is 4.68. The van der Waals surface area contributed by atoms with E-state index >= 15 is 0 Å². The van der Waals surface area contributed by atoms with Gasteiger partial charge in [0.25, 0.3) is 0 Å². The summed E-state index contributed by atoms with van der Waals surface area (Å²) in [5.74, 6) is -1.02. The number of rotatable bonds is 2. The van der Waals surface area contributed by atoms with Crippen LogP contribution in [0.5, 0.6) is 11.5 Å². The van der Waals surface area contributed by atoms with Gasteiger partial charge in [0.2, 0.25) is 0 Å². The minimum absolute atomic E-state index is 0.0913. The molecule has 0 fully saturated rings. The number of benzene rings is 1. The number of aromatic hydroxyl groups is 2. The van der Waals surface area contributed by atoms with Crippen molar-refractivity contribution in [3.8, 4) is 11.5 Å². The van der Waals surface area contributed by atoms with E-state index in [0.29, 0.717) is 6.29 Å². The van der Waals surface area contributed by atoms with Crippen molar-refractivity contribution in [3.63, 3.8) is 0 Å². The zero-order chi connectivity index (χ0) is 13.9. The van der Waals surface area contributed by atoms with Gasteiger partial charge in [-0.2, -0.15) is 0 Å². The van der Waals surface area contributed by atoms with Crippen LogP contribution in [0.4, 0.5) is 10.5 Å². The number of carbonyl (C=O) groups is 2. The quantitative estimate of drug-likeness (QED) is 0.555. The molecule has 1 amide bonds. The first kappa shape index (κ1) is 13.8. The minimum atomic E-state index is -0.791. The number of amides is 1. The van der Waals surface area contributed by atoms with Gasteiger partial charge in [0.05, 0.1) is 5.69 Å². The summed E-state index contributed by atoms with van der Waals surface area (Å²) < 4.78 is 4.98. The molecule has 0 atom stereocenters. The van der Waals surface area contributed by atoms with Crippen molar-refractivity contribution in [2.45, 2.75) is 26.4 Å². The van der Waals surface area contributed by atoms with Crippen LogP contribution in [-0.4, -0.2) is 28.2 Å². The van der Waals surface area contributed by atoms with Gasteiger partial charge in [0.15, 0.2) is 11.5 Å². The van der Waals surface area contributed by atoms with Crippen LogP contribution in [0.15, 0.2) is 12.1 Å². The fourth-order valence-corrected chi connectivity index (χ4v) is 1.22.